The summed E-state index contributed by atoms with van der Waals surface area (Å²) in [5, 5.41) is 0.657. The highest BCUT2D eigenvalue weighted by Gasteiger charge is 2.18. The molecule has 1 aromatic heterocycles. The van der Waals surface area contributed by atoms with E-state index in [1.165, 1.54) is 6.07 Å². The third-order valence-corrected chi connectivity index (χ3v) is 4.16. The first-order valence-corrected chi connectivity index (χ1v) is 9.04. The van der Waals surface area contributed by atoms with Crippen molar-refractivity contribution in [3.8, 4) is 11.5 Å². The standard InChI is InChI=1S/C22H22O5/c1-4-8-15-13-20(23)26-18-11-14(3)12-19(21(15)18)27-22(24)16-9-6-7-10-17(16)25-5-2/h6-7,9-13H,4-5,8H2,1-3H3. The third-order valence-electron chi connectivity index (χ3n) is 4.16. The molecule has 2 aromatic carbocycles. The Morgan fingerprint density at radius 1 is 1.07 bits per heavy atom. The van der Waals surface area contributed by atoms with Crippen molar-refractivity contribution in [1.82, 2.24) is 0 Å². The highest BCUT2D eigenvalue weighted by atomic mass is 16.5. The molecular weight excluding hydrogens is 344 g/mol. The van der Waals surface area contributed by atoms with Crippen molar-refractivity contribution in [2.24, 2.45) is 0 Å². The lowest BCUT2D eigenvalue weighted by molar-refractivity contribution is 0.0732. The number of carbonyl (C=O) groups excluding carboxylic acids is 1. The second-order valence-corrected chi connectivity index (χ2v) is 6.30. The van der Waals surface area contributed by atoms with Gasteiger partial charge in [0.05, 0.1) is 12.0 Å². The number of aryl methyl sites for hydroxylation is 2. The molecule has 0 saturated carbocycles. The second-order valence-electron chi connectivity index (χ2n) is 6.30. The molecule has 0 spiro atoms. The fraction of sp³-hybridized carbons (Fsp3) is 0.273. The van der Waals surface area contributed by atoms with Gasteiger partial charge in [0.25, 0.3) is 0 Å². The van der Waals surface area contributed by atoms with Crippen LogP contribution in [0.25, 0.3) is 11.0 Å². The molecule has 0 fully saturated rings. The van der Waals surface area contributed by atoms with E-state index in [0.717, 1.165) is 17.5 Å². The van der Waals surface area contributed by atoms with Crippen LogP contribution in [-0.2, 0) is 6.42 Å². The number of esters is 1. The maximum Gasteiger partial charge on any atom is 0.347 e. The molecule has 0 aliphatic rings. The van der Waals surface area contributed by atoms with Crippen LogP contribution in [0.2, 0.25) is 0 Å². The number of benzene rings is 2. The van der Waals surface area contributed by atoms with E-state index in [-0.39, 0.29) is 0 Å². The zero-order valence-electron chi connectivity index (χ0n) is 15.7. The summed E-state index contributed by atoms with van der Waals surface area (Å²) in [6.45, 7) is 6.19. The van der Waals surface area contributed by atoms with Gasteiger partial charge >= 0.3 is 11.6 Å². The van der Waals surface area contributed by atoms with Gasteiger partial charge in [-0.25, -0.2) is 9.59 Å². The van der Waals surface area contributed by atoms with Crippen LogP contribution in [-0.4, -0.2) is 12.6 Å². The van der Waals surface area contributed by atoms with E-state index in [0.29, 0.717) is 41.1 Å². The Labute approximate surface area is 157 Å². The smallest absolute Gasteiger partial charge is 0.347 e. The average Bonchev–Trinajstić information content (AvgIpc) is 2.61. The molecule has 27 heavy (non-hydrogen) atoms. The van der Waals surface area contributed by atoms with Crippen molar-refractivity contribution >= 4 is 16.9 Å². The molecule has 0 aliphatic heterocycles. The second kappa shape index (κ2) is 8.08. The average molecular weight is 366 g/mol. The van der Waals surface area contributed by atoms with Gasteiger partial charge in [-0.1, -0.05) is 25.5 Å². The van der Waals surface area contributed by atoms with Gasteiger partial charge in [-0.3, -0.25) is 0 Å². The van der Waals surface area contributed by atoms with Crippen molar-refractivity contribution in [2.75, 3.05) is 6.61 Å². The number of fused-ring (bicyclic) bond motifs is 1. The lowest BCUT2D eigenvalue weighted by atomic mass is 10.0. The first-order chi connectivity index (χ1) is 13.0. The van der Waals surface area contributed by atoms with Crippen LogP contribution in [0.4, 0.5) is 0 Å². The predicted octanol–water partition coefficient (Wildman–Crippen LogP) is 4.67. The third kappa shape index (κ3) is 4.03. The first-order valence-electron chi connectivity index (χ1n) is 9.04. The minimum Gasteiger partial charge on any atom is -0.493 e. The summed E-state index contributed by atoms with van der Waals surface area (Å²) in [5.74, 6) is 0.343. The van der Waals surface area contributed by atoms with Crippen LogP contribution < -0.4 is 15.1 Å². The van der Waals surface area contributed by atoms with E-state index in [2.05, 4.69) is 0 Å². The summed E-state index contributed by atoms with van der Waals surface area (Å²) < 4.78 is 16.6. The maximum absolute atomic E-state index is 12.8. The molecule has 1 heterocycles. The lowest BCUT2D eigenvalue weighted by Gasteiger charge is -2.13. The molecule has 140 valence electrons. The SMILES string of the molecule is CCCc1cc(=O)oc2cc(C)cc(OC(=O)c3ccccc3OCC)c12. The molecule has 0 radical (unpaired) electrons. The van der Waals surface area contributed by atoms with Crippen molar-refractivity contribution in [2.45, 2.75) is 33.6 Å². The monoisotopic (exact) mass is 366 g/mol. The highest BCUT2D eigenvalue weighted by Crippen LogP contribution is 2.32. The van der Waals surface area contributed by atoms with Crippen molar-refractivity contribution in [3.63, 3.8) is 0 Å². The van der Waals surface area contributed by atoms with E-state index in [1.807, 2.05) is 20.8 Å². The Morgan fingerprint density at radius 2 is 1.85 bits per heavy atom. The summed E-state index contributed by atoms with van der Waals surface area (Å²) in [5.41, 5.74) is 2.01. The summed E-state index contributed by atoms with van der Waals surface area (Å²) in [4.78, 5) is 24.7. The fourth-order valence-electron chi connectivity index (χ4n) is 3.09. The largest absolute Gasteiger partial charge is 0.493 e. The van der Waals surface area contributed by atoms with Gasteiger partial charge in [0.2, 0.25) is 0 Å². The summed E-state index contributed by atoms with van der Waals surface area (Å²) >= 11 is 0. The van der Waals surface area contributed by atoms with Gasteiger partial charge in [-0.15, -0.1) is 0 Å². The predicted molar refractivity (Wildman–Crippen MR) is 104 cm³/mol. The van der Waals surface area contributed by atoms with Crippen molar-refractivity contribution in [1.29, 1.82) is 0 Å². The van der Waals surface area contributed by atoms with Gasteiger partial charge in [0.15, 0.2) is 0 Å². The molecule has 3 aromatic rings. The zero-order valence-corrected chi connectivity index (χ0v) is 15.7. The number of rotatable bonds is 6. The zero-order chi connectivity index (χ0) is 19.4. The van der Waals surface area contributed by atoms with Gasteiger partial charge in [0, 0.05) is 6.07 Å². The van der Waals surface area contributed by atoms with Crippen molar-refractivity contribution in [3.05, 3.63) is 69.6 Å². The van der Waals surface area contributed by atoms with Crippen LogP contribution >= 0.6 is 0 Å². The van der Waals surface area contributed by atoms with Crippen LogP contribution in [0.1, 0.15) is 41.8 Å². The highest BCUT2D eigenvalue weighted by molar-refractivity contribution is 5.97. The molecule has 0 amide bonds. The van der Waals surface area contributed by atoms with Crippen LogP contribution in [0, 0.1) is 6.92 Å². The van der Waals surface area contributed by atoms with Crippen molar-refractivity contribution < 1.29 is 18.7 Å². The molecule has 0 aliphatic carbocycles. The molecule has 0 unspecified atom stereocenters. The van der Waals surface area contributed by atoms with E-state index in [1.54, 1.807) is 36.4 Å². The van der Waals surface area contributed by atoms with Gasteiger partial charge < -0.3 is 13.9 Å². The molecule has 5 heteroatoms. The Balaban J connectivity index is 2.09. The van der Waals surface area contributed by atoms with Crippen LogP contribution in [0.3, 0.4) is 0 Å². The molecule has 3 rings (SSSR count). The Kier molecular flexibility index (Phi) is 5.60. The summed E-state index contributed by atoms with van der Waals surface area (Å²) in [6, 6.07) is 12.0. The minimum atomic E-state index is -0.514. The van der Waals surface area contributed by atoms with Gasteiger partial charge in [0.1, 0.15) is 22.6 Å². The van der Waals surface area contributed by atoms with E-state index < -0.39 is 11.6 Å². The molecule has 5 nitrogen and oxygen atoms in total. The summed E-state index contributed by atoms with van der Waals surface area (Å²) in [7, 11) is 0. The number of hydrogen-bond donors (Lipinski definition) is 0. The van der Waals surface area contributed by atoms with E-state index in [9.17, 15) is 9.59 Å². The molecule has 0 atom stereocenters. The number of ether oxygens (including phenoxy) is 2. The Morgan fingerprint density at radius 3 is 2.59 bits per heavy atom. The topological polar surface area (TPSA) is 65.7 Å². The van der Waals surface area contributed by atoms with Gasteiger partial charge in [-0.2, -0.15) is 0 Å². The number of carbonyl (C=O) groups is 1. The molecule has 0 N–H and O–H groups in total. The number of para-hydroxylation sites is 1. The first kappa shape index (κ1) is 18.7. The maximum atomic E-state index is 12.8. The normalized spacial score (nSPS) is 10.8. The molecular formula is C22H22O5. The Hall–Kier alpha value is -3.08. The van der Waals surface area contributed by atoms with Crippen LogP contribution in [0.5, 0.6) is 11.5 Å². The quantitative estimate of drug-likeness (QED) is 0.360. The molecule has 0 saturated heterocycles. The number of hydrogen-bond acceptors (Lipinski definition) is 5. The molecule has 0 bridgehead atoms. The minimum absolute atomic E-state index is 0.350. The summed E-state index contributed by atoms with van der Waals surface area (Å²) in [6.07, 6.45) is 1.54. The lowest BCUT2D eigenvalue weighted by Crippen LogP contribution is -2.12. The fourth-order valence-corrected chi connectivity index (χ4v) is 3.09. The van der Waals surface area contributed by atoms with E-state index in [4.69, 9.17) is 13.9 Å². The van der Waals surface area contributed by atoms with E-state index >= 15 is 0 Å². The van der Waals surface area contributed by atoms with Gasteiger partial charge in [-0.05, 0) is 55.7 Å². The van der Waals surface area contributed by atoms with Crippen LogP contribution in [0.15, 0.2) is 51.7 Å². The Bertz CT molecular complexity index is 1030.